The first kappa shape index (κ1) is 33.0. The number of hydrogen-bond donors (Lipinski definition) is 1. The Hall–Kier alpha value is 0.870. The number of aliphatic hydroxyl groups is 1. The van der Waals surface area contributed by atoms with Crippen LogP contribution in [0.5, 0.6) is 0 Å². The zero-order chi connectivity index (χ0) is 21.8. The molecule has 0 aromatic rings. The first-order chi connectivity index (χ1) is 13.9. The van der Waals surface area contributed by atoms with E-state index in [2.05, 4.69) is 6.92 Å². The van der Waals surface area contributed by atoms with Crippen LogP contribution in [-0.4, -0.2) is 29.4 Å². The molecule has 0 aliphatic rings. The van der Waals surface area contributed by atoms with Crippen LogP contribution >= 0.6 is 0 Å². The fourth-order valence-corrected chi connectivity index (χ4v) is 5.09. The molecule has 0 bridgehead atoms. The summed E-state index contributed by atoms with van der Waals surface area (Å²) in [6, 6.07) is 0. The van der Waals surface area contributed by atoms with E-state index in [1.165, 1.54) is 70.6 Å². The summed E-state index contributed by atoms with van der Waals surface area (Å²) in [4.78, 5) is 0. The van der Waals surface area contributed by atoms with Gasteiger partial charge in [0.15, 0.2) is 0 Å². The standard InChI is InChI=1S/C24H50O4S.Na/c1-3-19-23(25)21-17-15-13-11-9-7-5-6-8-10-12-14-16-18-22-24(20-4-2)29(26,27)28;/h23-25H,3-22H2,1-2H3,(H,26,27,28);/q;+1/p-1. The van der Waals surface area contributed by atoms with Crippen LogP contribution in [0, 0.1) is 0 Å². The number of unbranched alkanes of at least 4 members (excludes halogenated alkanes) is 13. The van der Waals surface area contributed by atoms with Gasteiger partial charge in [0.25, 0.3) is 0 Å². The Balaban J connectivity index is 0. The van der Waals surface area contributed by atoms with Crippen molar-refractivity contribution in [1.29, 1.82) is 0 Å². The van der Waals surface area contributed by atoms with Crippen LogP contribution < -0.4 is 29.6 Å². The molecule has 176 valence electrons. The molecule has 0 rings (SSSR count). The third kappa shape index (κ3) is 22.1. The Bertz CT molecular complexity index is 442. The fraction of sp³-hybridized carbons (Fsp3) is 1.00. The van der Waals surface area contributed by atoms with Gasteiger partial charge in [-0.15, -0.1) is 0 Å². The number of hydrogen-bond acceptors (Lipinski definition) is 4. The summed E-state index contributed by atoms with van der Waals surface area (Å²) in [5.41, 5.74) is 0. The molecule has 6 heteroatoms. The third-order valence-electron chi connectivity index (χ3n) is 5.95. The quantitative estimate of drug-likeness (QED) is 0.151. The van der Waals surface area contributed by atoms with Gasteiger partial charge >= 0.3 is 29.6 Å². The SMILES string of the molecule is CCCC(O)CCCCCCCCCCCCCCCCC(CCC)S(=O)(=O)[O-].[Na+]. The maximum Gasteiger partial charge on any atom is 1.00 e. The predicted octanol–water partition coefficient (Wildman–Crippen LogP) is 4.11. The second-order valence-corrected chi connectivity index (χ2v) is 10.5. The van der Waals surface area contributed by atoms with Crippen molar-refractivity contribution in [2.24, 2.45) is 0 Å². The van der Waals surface area contributed by atoms with E-state index in [-0.39, 0.29) is 35.7 Å². The third-order valence-corrected chi connectivity index (χ3v) is 7.24. The maximum atomic E-state index is 11.2. The van der Waals surface area contributed by atoms with Crippen molar-refractivity contribution in [3.63, 3.8) is 0 Å². The van der Waals surface area contributed by atoms with Crippen molar-refractivity contribution >= 4 is 10.1 Å². The molecule has 0 aromatic carbocycles. The smallest absolute Gasteiger partial charge is 0.748 e. The zero-order valence-electron chi connectivity index (χ0n) is 20.4. The van der Waals surface area contributed by atoms with Crippen LogP contribution in [0.25, 0.3) is 0 Å². The molecule has 0 amide bonds. The molecule has 0 aromatic heterocycles. The first-order valence-electron chi connectivity index (χ1n) is 12.5. The Morgan fingerprint density at radius 1 is 0.600 bits per heavy atom. The van der Waals surface area contributed by atoms with Crippen molar-refractivity contribution in [3.05, 3.63) is 0 Å². The van der Waals surface area contributed by atoms with Crippen molar-refractivity contribution in [2.75, 3.05) is 0 Å². The Morgan fingerprint density at radius 3 is 1.27 bits per heavy atom. The molecule has 30 heavy (non-hydrogen) atoms. The van der Waals surface area contributed by atoms with Gasteiger partial charge in [-0.3, -0.25) is 0 Å². The van der Waals surface area contributed by atoms with E-state index in [1.807, 2.05) is 6.92 Å². The van der Waals surface area contributed by atoms with Gasteiger partial charge in [-0.25, -0.2) is 8.42 Å². The van der Waals surface area contributed by atoms with Crippen LogP contribution in [0.15, 0.2) is 0 Å². The maximum absolute atomic E-state index is 11.2. The van der Waals surface area contributed by atoms with Gasteiger partial charge in [-0.1, -0.05) is 117 Å². The Morgan fingerprint density at radius 2 is 0.933 bits per heavy atom. The predicted molar refractivity (Wildman–Crippen MR) is 123 cm³/mol. The van der Waals surface area contributed by atoms with Crippen molar-refractivity contribution in [2.45, 2.75) is 154 Å². The minimum absolute atomic E-state index is 0. The molecular formula is C24H49NaO4S. The summed E-state index contributed by atoms with van der Waals surface area (Å²) in [7, 11) is -4.11. The average molecular weight is 457 g/mol. The molecule has 0 heterocycles. The van der Waals surface area contributed by atoms with Crippen molar-refractivity contribution in [1.82, 2.24) is 0 Å². The summed E-state index contributed by atoms with van der Waals surface area (Å²) < 4.78 is 33.5. The van der Waals surface area contributed by atoms with Crippen LogP contribution in [0.1, 0.15) is 142 Å². The van der Waals surface area contributed by atoms with Gasteiger partial charge in [-0.2, -0.15) is 0 Å². The van der Waals surface area contributed by atoms with Crippen LogP contribution in [0.2, 0.25) is 0 Å². The molecule has 0 fully saturated rings. The van der Waals surface area contributed by atoms with E-state index in [0.29, 0.717) is 12.8 Å². The van der Waals surface area contributed by atoms with Crippen LogP contribution in [0.3, 0.4) is 0 Å². The Labute approximate surface area is 210 Å². The minimum atomic E-state index is -4.11. The monoisotopic (exact) mass is 456 g/mol. The topological polar surface area (TPSA) is 77.4 Å². The van der Waals surface area contributed by atoms with Gasteiger partial charge < -0.3 is 9.66 Å². The summed E-state index contributed by atoms with van der Waals surface area (Å²) >= 11 is 0. The van der Waals surface area contributed by atoms with E-state index in [9.17, 15) is 18.1 Å². The number of aliphatic hydroxyl groups excluding tert-OH is 1. The second-order valence-electron chi connectivity index (χ2n) is 8.87. The summed E-state index contributed by atoms with van der Waals surface area (Å²) in [6.07, 6.45) is 22.1. The first-order valence-corrected chi connectivity index (χ1v) is 14.0. The molecule has 0 saturated heterocycles. The molecule has 0 saturated carbocycles. The molecule has 4 nitrogen and oxygen atoms in total. The molecule has 0 aliphatic heterocycles. The summed E-state index contributed by atoms with van der Waals surface area (Å²) in [5.74, 6) is 0. The van der Waals surface area contributed by atoms with Crippen molar-refractivity contribution in [3.8, 4) is 0 Å². The largest absolute Gasteiger partial charge is 1.00 e. The average Bonchev–Trinajstić information content (AvgIpc) is 2.66. The van der Waals surface area contributed by atoms with Crippen molar-refractivity contribution < 1.29 is 47.6 Å². The van der Waals surface area contributed by atoms with Gasteiger partial charge in [0, 0.05) is 5.25 Å². The van der Waals surface area contributed by atoms with E-state index in [4.69, 9.17) is 0 Å². The molecule has 2 unspecified atom stereocenters. The summed E-state index contributed by atoms with van der Waals surface area (Å²) in [5, 5.41) is 9.02. The molecule has 0 spiro atoms. The van der Waals surface area contributed by atoms with E-state index in [1.54, 1.807) is 0 Å². The molecule has 1 N–H and O–H groups in total. The van der Waals surface area contributed by atoms with E-state index < -0.39 is 15.4 Å². The van der Waals surface area contributed by atoms with Gasteiger partial charge in [0.1, 0.15) is 0 Å². The Kier molecular flexibility index (Phi) is 25.4. The zero-order valence-corrected chi connectivity index (χ0v) is 23.2. The van der Waals surface area contributed by atoms with E-state index >= 15 is 0 Å². The molecule has 2 atom stereocenters. The molecule has 0 radical (unpaired) electrons. The normalized spacial score (nSPS) is 13.7. The van der Waals surface area contributed by atoms with Gasteiger partial charge in [0.2, 0.25) is 0 Å². The second kappa shape index (κ2) is 23.0. The van der Waals surface area contributed by atoms with Crippen LogP contribution in [-0.2, 0) is 10.1 Å². The minimum Gasteiger partial charge on any atom is -0.748 e. The number of rotatable bonds is 22. The van der Waals surface area contributed by atoms with Gasteiger partial charge in [-0.05, 0) is 25.7 Å². The molecular weight excluding hydrogens is 407 g/mol. The summed E-state index contributed by atoms with van der Waals surface area (Å²) in [6.45, 7) is 4.06. The molecule has 0 aliphatic carbocycles. The van der Waals surface area contributed by atoms with Gasteiger partial charge in [0.05, 0.1) is 16.2 Å². The fourth-order valence-electron chi connectivity index (χ4n) is 4.11. The van der Waals surface area contributed by atoms with Crippen LogP contribution in [0.4, 0.5) is 0 Å². The van der Waals surface area contributed by atoms with E-state index in [0.717, 1.165) is 44.9 Å².